The van der Waals surface area contributed by atoms with Gasteiger partial charge in [-0.3, -0.25) is 9.69 Å². The second-order valence-electron chi connectivity index (χ2n) is 5.79. The van der Waals surface area contributed by atoms with E-state index in [1.54, 1.807) is 18.7 Å². The summed E-state index contributed by atoms with van der Waals surface area (Å²) in [6.07, 6.45) is 0.722. The number of rotatable bonds is 4. The lowest BCUT2D eigenvalue weighted by molar-refractivity contribution is -0.139. The first kappa shape index (κ1) is 18.2. The molecule has 0 radical (unpaired) electrons. The van der Waals surface area contributed by atoms with E-state index in [1.807, 2.05) is 31.2 Å². The largest absolute Gasteiger partial charge is 0.463 e. The van der Waals surface area contributed by atoms with Crippen molar-refractivity contribution in [1.29, 1.82) is 0 Å². The molecule has 0 bridgehead atoms. The van der Waals surface area contributed by atoms with Crippen molar-refractivity contribution < 1.29 is 14.3 Å². The first-order valence-electron chi connectivity index (χ1n) is 8.19. The van der Waals surface area contributed by atoms with Gasteiger partial charge in [0.05, 0.1) is 29.2 Å². The molecule has 2 aliphatic heterocycles. The minimum absolute atomic E-state index is 0.00605. The first-order chi connectivity index (χ1) is 12.0. The molecule has 1 aromatic rings. The van der Waals surface area contributed by atoms with Crippen molar-refractivity contribution in [2.45, 2.75) is 38.5 Å². The fraction of sp³-hybridized carbons (Fsp3) is 0.389. The molecule has 5 nitrogen and oxygen atoms in total. The van der Waals surface area contributed by atoms with Gasteiger partial charge < -0.3 is 4.74 Å². The predicted molar refractivity (Wildman–Crippen MR) is 102 cm³/mol. The van der Waals surface area contributed by atoms with Crippen LogP contribution in [0.15, 0.2) is 45.0 Å². The van der Waals surface area contributed by atoms with Gasteiger partial charge in [-0.15, -0.1) is 0 Å². The number of amidine groups is 1. The number of fused-ring (bicyclic) bond motifs is 1. The third-order valence-electron chi connectivity index (χ3n) is 4.20. The summed E-state index contributed by atoms with van der Waals surface area (Å²) in [6.45, 7) is 5.83. The maximum Gasteiger partial charge on any atom is 0.338 e. The van der Waals surface area contributed by atoms with Crippen molar-refractivity contribution in [3.63, 3.8) is 0 Å². The highest BCUT2D eigenvalue weighted by atomic mass is 79.9. The van der Waals surface area contributed by atoms with Crippen LogP contribution in [-0.2, 0) is 14.3 Å². The Bertz CT molecular complexity index is 773. The maximum atomic E-state index is 12.9. The zero-order chi connectivity index (χ0) is 18.1. The molecule has 132 valence electrons. The van der Waals surface area contributed by atoms with Crippen LogP contribution in [0.3, 0.4) is 0 Å². The lowest BCUT2D eigenvalue weighted by Gasteiger charge is -2.33. The zero-order valence-electron chi connectivity index (χ0n) is 14.3. The Morgan fingerprint density at radius 1 is 1.32 bits per heavy atom. The van der Waals surface area contributed by atoms with Crippen molar-refractivity contribution in [3.8, 4) is 0 Å². The summed E-state index contributed by atoms with van der Waals surface area (Å²) in [5.74, 6) is -0.429. The van der Waals surface area contributed by atoms with E-state index in [9.17, 15) is 9.59 Å². The predicted octanol–water partition coefficient (Wildman–Crippen LogP) is 4.05. The highest BCUT2D eigenvalue weighted by molar-refractivity contribution is 9.10. The average molecular weight is 423 g/mol. The number of halogens is 1. The van der Waals surface area contributed by atoms with Crippen LogP contribution in [0.1, 0.15) is 38.8 Å². The third kappa shape index (κ3) is 3.27. The summed E-state index contributed by atoms with van der Waals surface area (Å²) in [6, 6.07) is 7.15. The Hall–Kier alpha value is -1.60. The molecule has 1 fully saturated rings. The SMILES string of the molecule is CCOC(=O)C1=C(C)N=C2S[C@@H](CC)C(=O)N2[C@H]1c1ccc(Br)cc1. The van der Waals surface area contributed by atoms with E-state index in [0.29, 0.717) is 16.4 Å². The third-order valence-corrected chi connectivity index (χ3v) is 6.05. The van der Waals surface area contributed by atoms with E-state index in [2.05, 4.69) is 20.9 Å². The highest BCUT2D eigenvalue weighted by Gasteiger charge is 2.47. The normalized spacial score (nSPS) is 22.8. The van der Waals surface area contributed by atoms with Gasteiger partial charge >= 0.3 is 5.97 Å². The van der Waals surface area contributed by atoms with Gasteiger partial charge in [0.15, 0.2) is 5.17 Å². The summed E-state index contributed by atoms with van der Waals surface area (Å²) < 4.78 is 6.18. The summed E-state index contributed by atoms with van der Waals surface area (Å²) in [4.78, 5) is 31.7. The van der Waals surface area contributed by atoms with Crippen LogP contribution in [0.4, 0.5) is 0 Å². The molecule has 2 heterocycles. The molecule has 0 saturated carbocycles. The average Bonchev–Trinajstić information content (AvgIpc) is 2.90. The van der Waals surface area contributed by atoms with E-state index in [4.69, 9.17) is 4.74 Å². The molecule has 1 aromatic carbocycles. The lowest BCUT2D eigenvalue weighted by Crippen LogP contribution is -2.40. The Morgan fingerprint density at radius 2 is 2.00 bits per heavy atom. The topological polar surface area (TPSA) is 59.0 Å². The number of esters is 1. The molecule has 1 saturated heterocycles. The Kier molecular flexibility index (Phi) is 5.34. The second kappa shape index (κ2) is 7.33. The standard InChI is InChI=1S/C18H19BrN2O3S/c1-4-13-16(22)21-15(11-6-8-12(19)9-7-11)14(17(23)24-5-2)10(3)20-18(21)25-13/h6-9,13,15H,4-5H2,1-3H3/t13-,15-/m0/s1. The monoisotopic (exact) mass is 422 g/mol. The van der Waals surface area contributed by atoms with Crippen molar-refractivity contribution >= 4 is 44.7 Å². The van der Waals surface area contributed by atoms with E-state index in [-0.39, 0.29) is 17.8 Å². The van der Waals surface area contributed by atoms with Gasteiger partial charge in [-0.1, -0.05) is 46.7 Å². The van der Waals surface area contributed by atoms with Crippen LogP contribution in [0.2, 0.25) is 0 Å². The minimum atomic E-state index is -0.504. The van der Waals surface area contributed by atoms with Crippen molar-refractivity contribution in [3.05, 3.63) is 45.6 Å². The number of allylic oxidation sites excluding steroid dienone is 1. The van der Waals surface area contributed by atoms with Gasteiger partial charge in [0.2, 0.25) is 5.91 Å². The first-order valence-corrected chi connectivity index (χ1v) is 9.86. The quantitative estimate of drug-likeness (QED) is 0.686. The van der Waals surface area contributed by atoms with Crippen molar-refractivity contribution in [2.75, 3.05) is 6.61 Å². The molecular weight excluding hydrogens is 404 g/mol. The molecule has 3 rings (SSSR count). The fourth-order valence-electron chi connectivity index (χ4n) is 3.02. The number of thioether (sulfide) groups is 1. The van der Waals surface area contributed by atoms with E-state index in [1.165, 1.54) is 11.8 Å². The fourth-order valence-corrected chi connectivity index (χ4v) is 4.42. The summed E-state index contributed by atoms with van der Waals surface area (Å²) in [5, 5.41) is 0.501. The number of ether oxygens (including phenoxy) is 1. The minimum Gasteiger partial charge on any atom is -0.463 e. The molecule has 0 spiro atoms. The molecule has 0 aliphatic carbocycles. The molecule has 0 N–H and O–H groups in total. The van der Waals surface area contributed by atoms with Crippen LogP contribution < -0.4 is 0 Å². The highest BCUT2D eigenvalue weighted by Crippen LogP contribution is 2.44. The summed E-state index contributed by atoms with van der Waals surface area (Å²) in [7, 11) is 0. The number of hydrogen-bond acceptors (Lipinski definition) is 5. The smallest absolute Gasteiger partial charge is 0.338 e. The molecule has 2 aliphatic rings. The van der Waals surface area contributed by atoms with Gasteiger partial charge in [-0.05, 0) is 38.0 Å². The van der Waals surface area contributed by atoms with Crippen LogP contribution in [-0.4, -0.2) is 33.8 Å². The van der Waals surface area contributed by atoms with E-state index < -0.39 is 12.0 Å². The zero-order valence-corrected chi connectivity index (χ0v) is 16.7. The van der Waals surface area contributed by atoms with Crippen LogP contribution >= 0.6 is 27.7 Å². The number of aliphatic imine (C=N–C) groups is 1. The molecule has 2 atom stereocenters. The summed E-state index contributed by atoms with van der Waals surface area (Å²) in [5.41, 5.74) is 1.90. The van der Waals surface area contributed by atoms with Crippen LogP contribution in [0.5, 0.6) is 0 Å². The molecular formula is C18H19BrN2O3S. The van der Waals surface area contributed by atoms with Gasteiger partial charge in [0, 0.05) is 4.47 Å². The van der Waals surface area contributed by atoms with Crippen LogP contribution in [0.25, 0.3) is 0 Å². The Balaban J connectivity index is 2.13. The Labute approximate surface area is 159 Å². The molecule has 0 unspecified atom stereocenters. The van der Waals surface area contributed by atoms with Gasteiger partial charge in [0.25, 0.3) is 0 Å². The summed E-state index contributed by atoms with van der Waals surface area (Å²) >= 11 is 4.89. The number of nitrogens with zero attached hydrogens (tertiary/aromatic N) is 2. The molecule has 7 heteroatoms. The Morgan fingerprint density at radius 3 is 2.60 bits per heavy atom. The van der Waals surface area contributed by atoms with Crippen molar-refractivity contribution in [1.82, 2.24) is 4.90 Å². The van der Waals surface area contributed by atoms with Gasteiger partial charge in [0.1, 0.15) is 0 Å². The number of benzene rings is 1. The second-order valence-corrected chi connectivity index (χ2v) is 7.88. The van der Waals surface area contributed by atoms with Gasteiger partial charge in [-0.25, -0.2) is 9.79 Å². The molecule has 25 heavy (non-hydrogen) atoms. The van der Waals surface area contributed by atoms with Crippen LogP contribution in [0, 0.1) is 0 Å². The van der Waals surface area contributed by atoms with E-state index in [0.717, 1.165) is 16.5 Å². The lowest BCUT2D eigenvalue weighted by atomic mass is 9.94. The number of hydrogen-bond donors (Lipinski definition) is 0. The van der Waals surface area contributed by atoms with Gasteiger partial charge in [-0.2, -0.15) is 0 Å². The molecule has 1 amide bonds. The number of amides is 1. The van der Waals surface area contributed by atoms with Crippen molar-refractivity contribution in [2.24, 2.45) is 4.99 Å². The number of carbonyl (C=O) groups excluding carboxylic acids is 2. The van der Waals surface area contributed by atoms with E-state index >= 15 is 0 Å². The maximum absolute atomic E-state index is 12.9. The molecule has 0 aromatic heterocycles. The number of carbonyl (C=O) groups is 2.